The summed E-state index contributed by atoms with van der Waals surface area (Å²) in [6, 6.07) is 5.84. The number of halogens is 1. The molecule has 0 saturated heterocycles. The van der Waals surface area contributed by atoms with Gasteiger partial charge in [-0.1, -0.05) is 22.0 Å². The summed E-state index contributed by atoms with van der Waals surface area (Å²) < 4.78 is 1.95. The molecule has 0 amide bonds. The van der Waals surface area contributed by atoms with Crippen molar-refractivity contribution in [1.29, 1.82) is 0 Å². The van der Waals surface area contributed by atoms with Gasteiger partial charge in [-0.15, -0.1) is 10.2 Å². The van der Waals surface area contributed by atoms with Crippen molar-refractivity contribution in [2.75, 3.05) is 0 Å². The van der Waals surface area contributed by atoms with E-state index in [1.807, 2.05) is 28.8 Å². The van der Waals surface area contributed by atoms with Crippen molar-refractivity contribution in [2.45, 2.75) is 5.33 Å². The van der Waals surface area contributed by atoms with Crippen molar-refractivity contribution in [3.63, 3.8) is 0 Å². The largest absolute Gasteiger partial charge is 0.286 e. The third kappa shape index (κ3) is 1.03. The second-order valence-electron chi connectivity index (χ2n) is 2.18. The quantitative estimate of drug-likeness (QED) is 0.672. The van der Waals surface area contributed by atoms with E-state index in [0.29, 0.717) is 0 Å². The van der Waals surface area contributed by atoms with Crippen LogP contribution in [-0.2, 0) is 5.33 Å². The van der Waals surface area contributed by atoms with Crippen LogP contribution in [0.25, 0.3) is 5.65 Å². The van der Waals surface area contributed by atoms with Crippen LogP contribution in [0.5, 0.6) is 0 Å². The molecule has 0 saturated carbocycles. The summed E-state index contributed by atoms with van der Waals surface area (Å²) in [6.45, 7) is 0. The third-order valence-electron chi connectivity index (χ3n) is 1.50. The number of nitrogens with zero attached hydrogens (tertiary/aromatic N) is 3. The molecular weight excluding hydrogens is 206 g/mol. The number of aromatic nitrogens is 3. The molecule has 0 spiro atoms. The zero-order valence-electron chi connectivity index (χ0n) is 5.74. The van der Waals surface area contributed by atoms with Crippen LogP contribution in [0, 0.1) is 0 Å². The van der Waals surface area contributed by atoms with Gasteiger partial charge in [0.2, 0.25) is 0 Å². The minimum Gasteiger partial charge on any atom is -0.286 e. The summed E-state index contributed by atoms with van der Waals surface area (Å²) in [7, 11) is 0. The highest BCUT2D eigenvalue weighted by Crippen LogP contribution is 2.05. The monoisotopic (exact) mass is 211 g/mol. The number of pyridine rings is 1. The first-order valence-electron chi connectivity index (χ1n) is 3.26. The molecule has 11 heavy (non-hydrogen) atoms. The molecule has 2 aromatic rings. The summed E-state index contributed by atoms with van der Waals surface area (Å²) in [5, 5.41) is 8.69. The Hall–Kier alpha value is -0.900. The maximum Gasteiger partial charge on any atom is 0.160 e. The van der Waals surface area contributed by atoms with Crippen LogP contribution in [0.2, 0.25) is 0 Å². The fourth-order valence-electron chi connectivity index (χ4n) is 0.982. The molecule has 4 heteroatoms. The molecule has 0 aliphatic carbocycles. The van der Waals surface area contributed by atoms with Gasteiger partial charge < -0.3 is 0 Å². The van der Waals surface area contributed by atoms with Gasteiger partial charge in [0.15, 0.2) is 5.65 Å². The van der Waals surface area contributed by atoms with Crippen molar-refractivity contribution in [3.05, 3.63) is 30.2 Å². The molecule has 0 atom stereocenters. The highest BCUT2D eigenvalue weighted by Gasteiger charge is 2.00. The minimum absolute atomic E-state index is 0.734. The molecule has 0 bridgehead atoms. The van der Waals surface area contributed by atoms with Crippen LogP contribution in [0.4, 0.5) is 0 Å². The molecule has 2 aromatic heterocycles. The van der Waals surface area contributed by atoms with Gasteiger partial charge in [-0.25, -0.2) is 0 Å². The zero-order valence-corrected chi connectivity index (χ0v) is 7.32. The second kappa shape index (κ2) is 2.62. The van der Waals surface area contributed by atoms with Gasteiger partial charge in [0, 0.05) is 6.20 Å². The Labute approximate surface area is 72.2 Å². The first kappa shape index (κ1) is 6.79. The van der Waals surface area contributed by atoms with E-state index in [0.717, 1.165) is 16.8 Å². The standard InChI is InChI=1S/C7H6BrN3/c8-5-7-10-9-6-3-1-2-4-11(6)7/h1-4H,5H2. The van der Waals surface area contributed by atoms with Crippen LogP contribution in [0.15, 0.2) is 24.4 Å². The predicted octanol–water partition coefficient (Wildman–Crippen LogP) is 1.62. The molecule has 0 unspecified atom stereocenters. The lowest BCUT2D eigenvalue weighted by molar-refractivity contribution is 0.996. The van der Waals surface area contributed by atoms with Crippen LogP contribution in [0.3, 0.4) is 0 Å². The fraction of sp³-hybridized carbons (Fsp3) is 0.143. The topological polar surface area (TPSA) is 30.2 Å². The van der Waals surface area contributed by atoms with E-state index in [1.165, 1.54) is 0 Å². The Morgan fingerprint density at radius 3 is 3.09 bits per heavy atom. The summed E-state index contributed by atoms with van der Waals surface area (Å²) in [6.07, 6.45) is 1.95. The molecule has 0 radical (unpaired) electrons. The maximum atomic E-state index is 3.98. The van der Waals surface area contributed by atoms with Crippen LogP contribution in [-0.4, -0.2) is 14.6 Å². The van der Waals surface area contributed by atoms with Gasteiger partial charge in [0.25, 0.3) is 0 Å². The Bertz CT molecular complexity index is 368. The lowest BCUT2D eigenvalue weighted by Gasteiger charge is -1.91. The van der Waals surface area contributed by atoms with E-state index in [4.69, 9.17) is 0 Å². The molecule has 0 aliphatic heterocycles. The van der Waals surface area contributed by atoms with Crippen LogP contribution < -0.4 is 0 Å². The van der Waals surface area contributed by atoms with E-state index in [-0.39, 0.29) is 0 Å². The normalized spacial score (nSPS) is 10.6. The maximum absolute atomic E-state index is 3.98. The van der Waals surface area contributed by atoms with E-state index in [2.05, 4.69) is 26.1 Å². The van der Waals surface area contributed by atoms with Crippen molar-refractivity contribution < 1.29 is 0 Å². The van der Waals surface area contributed by atoms with Crippen LogP contribution >= 0.6 is 15.9 Å². The molecule has 56 valence electrons. The van der Waals surface area contributed by atoms with Crippen molar-refractivity contribution in [3.8, 4) is 0 Å². The lowest BCUT2D eigenvalue weighted by atomic mass is 10.5. The Kier molecular flexibility index (Phi) is 1.62. The van der Waals surface area contributed by atoms with Crippen molar-refractivity contribution >= 4 is 21.6 Å². The molecule has 0 aliphatic rings. The molecule has 0 N–H and O–H groups in total. The second-order valence-corrected chi connectivity index (χ2v) is 2.74. The van der Waals surface area contributed by atoms with Gasteiger partial charge in [-0.2, -0.15) is 0 Å². The van der Waals surface area contributed by atoms with Crippen molar-refractivity contribution in [1.82, 2.24) is 14.6 Å². The minimum atomic E-state index is 0.734. The number of hydrogen-bond acceptors (Lipinski definition) is 2. The SMILES string of the molecule is BrCc1nnc2ccccn12. The highest BCUT2D eigenvalue weighted by atomic mass is 79.9. The van der Waals surface area contributed by atoms with Gasteiger partial charge in [-0.3, -0.25) is 4.40 Å². The Morgan fingerprint density at radius 1 is 1.36 bits per heavy atom. The zero-order chi connectivity index (χ0) is 7.68. The summed E-state index contributed by atoms with van der Waals surface area (Å²) >= 11 is 3.33. The number of fused-ring (bicyclic) bond motifs is 1. The molecular formula is C7H6BrN3. The molecule has 0 fully saturated rings. The summed E-state index contributed by atoms with van der Waals surface area (Å²) in [5.74, 6) is 0.931. The average Bonchev–Trinajstić information content (AvgIpc) is 2.47. The highest BCUT2D eigenvalue weighted by molar-refractivity contribution is 9.08. The summed E-state index contributed by atoms with van der Waals surface area (Å²) in [4.78, 5) is 0. The number of rotatable bonds is 1. The molecule has 2 rings (SSSR count). The Balaban J connectivity index is 2.76. The third-order valence-corrected chi connectivity index (χ3v) is 2.01. The van der Waals surface area contributed by atoms with E-state index in [1.54, 1.807) is 0 Å². The molecule has 2 heterocycles. The molecule has 3 nitrogen and oxygen atoms in total. The van der Waals surface area contributed by atoms with E-state index in [9.17, 15) is 0 Å². The van der Waals surface area contributed by atoms with E-state index < -0.39 is 0 Å². The average molecular weight is 212 g/mol. The molecule has 0 aromatic carbocycles. The predicted molar refractivity (Wildman–Crippen MR) is 45.6 cm³/mol. The Morgan fingerprint density at radius 2 is 2.27 bits per heavy atom. The van der Waals surface area contributed by atoms with Gasteiger partial charge >= 0.3 is 0 Å². The van der Waals surface area contributed by atoms with E-state index >= 15 is 0 Å². The van der Waals surface area contributed by atoms with Gasteiger partial charge in [0.05, 0.1) is 5.33 Å². The van der Waals surface area contributed by atoms with Crippen LogP contribution in [0.1, 0.15) is 5.82 Å². The smallest absolute Gasteiger partial charge is 0.160 e. The fourth-order valence-corrected chi connectivity index (χ4v) is 1.36. The first-order valence-corrected chi connectivity index (χ1v) is 4.38. The number of alkyl halides is 1. The van der Waals surface area contributed by atoms with Crippen molar-refractivity contribution in [2.24, 2.45) is 0 Å². The lowest BCUT2D eigenvalue weighted by Crippen LogP contribution is -1.88. The number of hydrogen-bond donors (Lipinski definition) is 0. The van der Waals surface area contributed by atoms with Gasteiger partial charge in [-0.05, 0) is 12.1 Å². The summed E-state index contributed by atoms with van der Waals surface area (Å²) in [5.41, 5.74) is 0.891. The van der Waals surface area contributed by atoms with Gasteiger partial charge in [0.1, 0.15) is 5.82 Å². The first-order chi connectivity index (χ1) is 5.42.